The summed E-state index contributed by atoms with van der Waals surface area (Å²) in [6.07, 6.45) is 0.942. The quantitative estimate of drug-likeness (QED) is 0.751. The number of esters is 1. The number of carbonyl (C=O) groups is 2. The minimum Gasteiger partial charge on any atom is -0.469 e. The second-order valence-electron chi connectivity index (χ2n) is 6.41. The highest BCUT2D eigenvalue weighted by atomic mass is 32.2. The number of thiazole rings is 1. The molecule has 0 radical (unpaired) electrons. The molecule has 150 valence electrons. The number of urea groups is 1. The van der Waals surface area contributed by atoms with Gasteiger partial charge in [0.15, 0.2) is 15.0 Å². The van der Waals surface area contributed by atoms with E-state index in [1.165, 1.54) is 24.1 Å². The Bertz CT molecular complexity index is 1050. The lowest BCUT2D eigenvalue weighted by atomic mass is 10.0. The molecule has 0 unspecified atom stereocenters. The summed E-state index contributed by atoms with van der Waals surface area (Å²) in [7, 11) is -2.35. The van der Waals surface area contributed by atoms with Gasteiger partial charge >= 0.3 is 12.0 Å². The van der Waals surface area contributed by atoms with E-state index in [2.05, 4.69) is 15.0 Å². The summed E-state index contributed by atoms with van der Waals surface area (Å²) in [5.41, 5.74) is 1.04. The molecule has 1 aromatic heterocycles. The maximum atomic E-state index is 14.2. The summed E-state index contributed by atoms with van der Waals surface area (Å²) < 4.78 is 41.9. The van der Waals surface area contributed by atoms with E-state index < -0.39 is 15.7 Å². The predicted molar refractivity (Wildman–Crippen MR) is 101 cm³/mol. The van der Waals surface area contributed by atoms with Crippen LogP contribution in [0.2, 0.25) is 0 Å². The van der Waals surface area contributed by atoms with Gasteiger partial charge in [0, 0.05) is 19.3 Å². The van der Waals surface area contributed by atoms with Gasteiger partial charge in [-0.2, -0.15) is 0 Å². The Morgan fingerprint density at radius 2 is 2.04 bits per heavy atom. The first kappa shape index (κ1) is 20.2. The van der Waals surface area contributed by atoms with Gasteiger partial charge in [0.25, 0.3) is 0 Å². The molecule has 3 rings (SSSR count). The molecule has 11 heteroatoms. The average Bonchev–Trinajstić information content (AvgIpc) is 2.92. The molecule has 1 N–H and O–H groups in total. The fourth-order valence-corrected chi connectivity index (χ4v) is 4.47. The highest BCUT2D eigenvalue weighted by molar-refractivity contribution is 7.90. The molecule has 2 aromatic rings. The van der Waals surface area contributed by atoms with Gasteiger partial charge in [-0.1, -0.05) is 17.4 Å². The number of anilines is 1. The summed E-state index contributed by atoms with van der Waals surface area (Å²) in [4.78, 5) is 29.6. The smallest absolute Gasteiger partial charge is 0.323 e. The van der Waals surface area contributed by atoms with Crippen LogP contribution in [0.15, 0.2) is 23.1 Å². The molecule has 0 bridgehead atoms. The highest BCUT2D eigenvalue weighted by Gasteiger charge is 2.36. The SMILES string of the molecule is COC(=O)C1CN(C(=O)Nc2nc(C)c(-c3ccc(S(C)(=O)=O)c(F)c3)s2)C1. The van der Waals surface area contributed by atoms with Crippen LogP contribution >= 0.6 is 11.3 Å². The standard InChI is InChI=1S/C17H18FN3O5S2/c1-9-14(10-4-5-13(12(18)6-10)28(3,24)25)27-16(19-9)20-17(23)21-7-11(8-21)15(22)26-2/h4-6,11H,7-8H2,1-3H3,(H,19,20,23). The first-order valence-electron chi connectivity index (χ1n) is 8.21. The van der Waals surface area contributed by atoms with E-state index in [0.717, 1.165) is 23.7 Å². The number of hydrogen-bond donors (Lipinski definition) is 1. The number of sulfone groups is 1. The molecular formula is C17H18FN3O5S2. The Balaban J connectivity index is 1.73. The van der Waals surface area contributed by atoms with E-state index in [1.54, 1.807) is 6.92 Å². The van der Waals surface area contributed by atoms with Crippen LogP contribution in [0.4, 0.5) is 14.3 Å². The van der Waals surface area contributed by atoms with Crippen molar-refractivity contribution in [1.82, 2.24) is 9.88 Å². The van der Waals surface area contributed by atoms with Gasteiger partial charge in [-0.05, 0) is 24.6 Å². The molecule has 2 amide bonds. The third-order valence-corrected chi connectivity index (χ3v) is 6.56. The van der Waals surface area contributed by atoms with Gasteiger partial charge in [0.05, 0.1) is 23.6 Å². The molecule has 2 heterocycles. The van der Waals surface area contributed by atoms with Gasteiger partial charge in [-0.25, -0.2) is 22.6 Å². The second-order valence-corrected chi connectivity index (χ2v) is 9.39. The molecular weight excluding hydrogens is 409 g/mol. The minimum absolute atomic E-state index is 0.272. The van der Waals surface area contributed by atoms with Gasteiger partial charge in [0.2, 0.25) is 0 Å². The van der Waals surface area contributed by atoms with E-state index in [0.29, 0.717) is 21.3 Å². The molecule has 1 aromatic carbocycles. The van der Waals surface area contributed by atoms with Crippen molar-refractivity contribution in [3.8, 4) is 10.4 Å². The molecule has 0 atom stereocenters. The number of hydrogen-bond acceptors (Lipinski definition) is 7. The number of aryl methyl sites for hydroxylation is 1. The van der Waals surface area contributed by atoms with Crippen LogP contribution in [0, 0.1) is 18.7 Å². The molecule has 1 aliphatic heterocycles. The number of nitrogens with one attached hydrogen (secondary N) is 1. The molecule has 8 nitrogen and oxygen atoms in total. The topological polar surface area (TPSA) is 106 Å². The molecule has 0 saturated carbocycles. The predicted octanol–water partition coefficient (Wildman–Crippen LogP) is 2.30. The number of nitrogens with zero attached hydrogens (tertiary/aromatic N) is 2. The van der Waals surface area contributed by atoms with E-state index in [-0.39, 0.29) is 35.9 Å². The van der Waals surface area contributed by atoms with Crippen molar-refractivity contribution in [2.75, 3.05) is 31.8 Å². The lowest BCUT2D eigenvalue weighted by Crippen LogP contribution is -2.54. The summed E-state index contributed by atoms with van der Waals surface area (Å²) in [5.74, 6) is -1.51. The first-order valence-corrected chi connectivity index (χ1v) is 10.9. The Labute approximate surface area is 165 Å². The monoisotopic (exact) mass is 427 g/mol. The number of amides is 2. The van der Waals surface area contributed by atoms with Crippen LogP contribution in [-0.4, -0.2) is 56.8 Å². The average molecular weight is 427 g/mol. The minimum atomic E-state index is -3.65. The number of rotatable bonds is 4. The Hall–Kier alpha value is -2.53. The van der Waals surface area contributed by atoms with Crippen molar-refractivity contribution < 1.29 is 27.1 Å². The summed E-state index contributed by atoms with van der Waals surface area (Å²) in [5, 5.41) is 2.98. The lowest BCUT2D eigenvalue weighted by molar-refractivity contribution is -0.149. The molecule has 0 aliphatic carbocycles. The summed E-state index contributed by atoms with van der Waals surface area (Å²) >= 11 is 1.15. The van der Waals surface area contributed by atoms with Crippen molar-refractivity contribution in [1.29, 1.82) is 0 Å². The summed E-state index contributed by atoms with van der Waals surface area (Å²) in [6.45, 7) is 2.25. The largest absolute Gasteiger partial charge is 0.469 e. The Morgan fingerprint density at radius 3 is 2.61 bits per heavy atom. The molecule has 0 spiro atoms. The number of ether oxygens (including phenoxy) is 1. The van der Waals surface area contributed by atoms with Crippen molar-refractivity contribution in [3.05, 3.63) is 29.7 Å². The molecule has 1 fully saturated rings. The molecule has 1 aliphatic rings. The zero-order valence-corrected chi connectivity index (χ0v) is 17.0. The number of carbonyl (C=O) groups excluding carboxylic acids is 2. The number of halogens is 1. The van der Waals surface area contributed by atoms with E-state index in [9.17, 15) is 22.4 Å². The third-order valence-electron chi connectivity index (χ3n) is 4.31. The third kappa shape index (κ3) is 3.99. The normalized spacial score (nSPS) is 14.5. The van der Waals surface area contributed by atoms with Gasteiger partial charge in [-0.3, -0.25) is 10.1 Å². The maximum Gasteiger partial charge on any atom is 0.323 e. The summed E-state index contributed by atoms with van der Waals surface area (Å²) in [6, 6.07) is 3.46. The second kappa shape index (κ2) is 7.47. The Kier molecular flexibility index (Phi) is 5.39. The first-order chi connectivity index (χ1) is 13.1. The molecule has 28 heavy (non-hydrogen) atoms. The van der Waals surface area contributed by atoms with Crippen LogP contribution < -0.4 is 5.32 Å². The van der Waals surface area contributed by atoms with Gasteiger partial charge in [0.1, 0.15) is 10.7 Å². The fourth-order valence-electron chi connectivity index (χ4n) is 2.79. The van der Waals surface area contributed by atoms with Crippen LogP contribution in [-0.2, 0) is 19.4 Å². The van der Waals surface area contributed by atoms with E-state index in [1.807, 2.05) is 0 Å². The fraction of sp³-hybridized carbons (Fsp3) is 0.353. The van der Waals surface area contributed by atoms with Crippen LogP contribution in [0.1, 0.15) is 5.69 Å². The van der Waals surface area contributed by atoms with Crippen molar-refractivity contribution in [2.24, 2.45) is 5.92 Å². The van der Waals surface area contributed by atoms with E-state index >= 15 is 0 Å². The van der Waals surface area contributed by atoms with Crippen LogP contribution in [0.5, 0.6) is 0 Å². The zero-order valence-electron chi connectivity index (χ0n) is 15.4. The number of aromatic nitrogens is 1. The van der Waals surface area contributed by atoms with Crippen LogP contribution in [0.3, 0.4) is 0 Å². The Morgan fingerprint density at radius 1 is 1.36 bits per heavy atom. The van der Waals surface area contributed by atoms with Crippen molar-refractivity contribution in [2.45, 2.75) is 11.8 Å². The maximum absolute atomic E-state index is 14.2. The van der Waals surface area contributed by atoms with Crippen molar-refractivity contribution in [3.63, 3.8) is 0 Å². The number of methoxy groups -OCH3 is 1. The zero-order chi connectivity index (χ0) is 20.6. The lowest BCUT2D eigenvalue weighted by Gasteiger charge is -2.36. The van der Waals surface area contributed by atoms with Crippen LogP contribution in [0.25, 0.3) is 10.4 Å². The van der Waals surface area contributed by atoms with Gasteiger partial charge in [-0.15, -0.1) is 0 Å². The number of likely N-dealkylation sites (tertiary alicyclic amines) is 1. The van der Waals surface area contributed by atoms with Crippen molar-refractivity contribution >= 4 is 38.3 Å². The number of benzene rings is 1. The molecule has 1 saturated heterocycles. The van der Waals surface area contributed by atoms with Gasteiger partial charge < -0.3 is 9.64 Å². The highest BCUT2D eigenvalue weighted by Crippen LogP contribution is 2.34. The van der Waals surface area contributed by atoms with E-state index in [4.69, 9.17) is 0 Å².